The van der Waals surface area contributed by atoms with Gasteiger partial charge in [0.1, 0.15) is 0 Å². The summed E-state index contributed by atoms with van der Waals surface area (Å²) in [5, 5.41) is 20.8. The Balaban J connectivity index is 2.13. The molecule has 0 unspecified atom stereocenters. The Hall–Kier alpha value is -2.51. The van der Waals surface area contributed by atoms with E-state index in [1.165, 1.54) is 0 Å². The predicted molar refractivity (Wildman–Crippen MR) is 78.6 cm³/mol. The molecule has 0 amide bonds. The van der Waals surface area contributed by atoms with Gasteiger partial charge in [0, 0.05) is 23.7 Å². The Morgan fingerprint density at radius 3 is 2.90 bits per heavy atom. The molecular weight excluding hydrogens is 270 g/mol. The normalized spacial score (nSPS) is 11.1. The largest absolute Gasteiger partial charge is 0.394 e. The maximum absolute atomic E-state index is 11.8. The molecule has 0 atom stereocenters. The second-order valence-electron chi connectivity index (χ2n) is 4.68. The van der Waals surface area contributed by atoms with Gasteiger partial charge in [0.25, 0.3) is 5.56 Å². The number of rotatable bonds is 4. The number of nitrogens with two attached hydrogens (primary N) is 1. The van der Waals surface area contributed by atoms with Gasteiger partial charge in [0.05, 0.1) is 30.4 Å². The third kappa shape index (κ3) is 2.44. The lowest BCUT2D eigenvalue weighted by Crippen LogP contribution is -2.13. The first-order valence-electron chi connectivity index (χ1n) is 6.58. The molecule has 2 aromatic heterocycles. The van der Waals surface area contributed by atoms with E-state index >= 15 is 0 Å². The predicted octanol–water partition coefficient (Wildman–Crippen LogP) is 0.238. The maximum Gasteiger partial charge on any atom is 0.272 e. The van der Waals surface area contributed by atoms with Gasteiger partial charge in [-0.1, -0.05) is 6.07 Å². The highest BCUT2D eigenvalue weighted by Crippen LogP contribution is 2.23. The van der Waals surface area contributed by atoms with Crippen molar-refractivity contribution in [3.8, 4) is 11.1 Å². The molecule has 0 bridgehead atoms. The lowest BCUT2D eigenvalue weighted by Gasteiger charge is -2.04. The Morgan fingerprint density at radius 2 is 2.14 bits per heavy atom. The molecule has 4 N–H and O–H groups in total. The van der Waals surface area contributed by atoms with E-state index in [1.807, 2.05) is 18.3 Å². The molecule has 7 heteroatoms. The fraction of sp³-hybridized carbons (Fsp3) is 0.214. The van der Waals surface area contributed by atoms with Crippen LogP contribution in [0.15, 0.2) is 35.4 Å². The van der Waals surface area contributed by atoms with Gasteiger partial charge in [0.15, 0.2) is 0 Å². The number of aromatic nitrogens is 4. The molecule has 1 aromatic carbocycles. The van der Waals surface area contributed by atoms with Gasteiger partial charge >= 0.3 is 0 Å². The summed E-state index contributed by atoms with van der Waals surface area (Å²) < 4.78 is 1.67. The van der Waals surface area contributed by atoms with Gasteiger partial charge in [-0.2, -0.15) is 10.2 Å². The average molecular weight is 285 g/mol. The zero-order valence-corrected chi connectivity index (χ0v) is 11.3. The number of fused-ring (bicyclic) bond motifs is 1. The van der Waals surface area contributed by atoms with Crippen LogP contribution in [-0.2, 0) is 13.1 Å². The molecule has 0 saturated heterocycles. The number of aliphatic hydroxyl groups is 1. The zero-order valence-electron chi connectivity index (χ0n) is 11.3. The fourth-order valence-corrected chi connectivity index (χ4v) is 2.29. The van der Waals surface area contributed by atoms with Crippen LogP contribution >= 0.6 is 0 Å². The molecule has 3 rings (SSSR count). The number of aliphatic hydroxyl groups excluding tert-OH is 1. The third-order valence-corrected chi connectivity index (χ3v) is 3.36. The van der Waals surface area contributed by atoms with Crippen molar-refractivity contribution in [1.29, 1.82) is 0 Å². The molecule has 0 fully saturated rings. The summed E-state index contributed by atoms with van der Waals surface area (Å²) in [6, 6.07) is 5.51. The number of aromatic amines is 1. The van der Waals surface area contributed by atoms with Gasteiger partial charge in [-0.25, -0.2) is 5.10 Å². The molecule has 0 aliphatic carbocycles. The monoisotopic (exact) mass is 285 g/mol. The smallest absolute Gasteiger partial charge is 0.272 e. The highest BCUT2D eigenvalue weighted by Gasteiger charge is 2.08. The molecule has 3 aromatic rings. The highest BCUT2D eigenvalue weighted by atomic mass is 16.3. The summed E-state index contributed by atoms with van der Waals surface area (Å²) in [7, 11) is 0. The number of hydrogen-bond donors (Lipinski definition) is 3. The van der Waals surface area contributed by atoms with Gasteiger partial charge in [-0.15, -0.1) is 0 Å². The number of nitrogens with zero attached hydrogens (tertiary/aromatic N) is 3. The van der Waals surface area contributed by atoms with Crippen molar-refractivity contribution in [2.24, 2.45) is 5.73 Å². The van der Waals surface area contributed by atoms with Gasteiger partial charge in [-0.3, -0.25) is 9.48 Å². The minimum absolute atomic E-state index is 0.0372. The van der Waals surface area contributed by atoms with E-state index in [4.69, 9.17) is 10.8 Å². The van der Waals surface area contributed by atoms with Crippen LogP contribution in [0.4, 0.5) is 0 Å². The number of benzene rings is 1. The molecule has 0 saturated carbocycles. The topological polar surface area (TPSA) is 110 Å². The van der Waals surface area contributed by atoms with Crippen molar-refractivity contribution < 1.29 is 5.11 Å². The van der Waals surface area contributed by atoms with Crippen molar-refractivity contribution in [2.75, 3.05) is 6.61 Å². The van der Waals surface area contributed by atoms with E-state index in [1.54, 1.807) is 16.9 Å². The summed E-state index contributed by atoms with van der Waals surface area (Å²) in [6.07, 6.45) is 3.57. The SMILES string of the molecule is NCc1n[nH]c(=O)c2ccc(-c3cnn(CCO)c3)cc12. The molecule has 21 heavy (non-hydrogen) atoms. The summed E-state index contributed by atoms with van der Waals surface area (Å²) >= 11 is 0. The molecule has 0 spiro atoms. The van der Waals surface area contributed by atoms with Gasteiger partial charge < -0.3 is 10.8 Å². The lowest BCUT2D eigenvalue weighted by molar-refractivity contribution is 0.269. The van der Waals surface area contributed by atoms with E-state index in [0.29, 0.717) is 17.6 Å². The van der Waals surface area contributed by atoms with Crippen LogP contribution in [0.1, 0.15) is 5.69 Å². The first kappa shape index (κ1) is 13.5. The molecule has 0 aliphatic rings. The van der Waals surface area contributed by atoms with Crippen LogP contribution < -0.4 is 11.3 Å². The van der Waals surface area contributed by atoms with E-state index in [9.17, 15) is 4.79 Å². The second kappa shape index (κ2) is 5.47. The lowest BCUT2D eigenvalue weighted by atomic mass is 10.0. The summed E-state index contributed by atoms with van der Waals surface area (Å²) in [5.74, 6) is 0. The van der Waals surface area contributed by atoms with Crippen LogP contribution in [0, 0.1) is 0 Å². The van der Waals surface area contributed by atoms with Crippen LogP contribution in [0.3, 0.4) is 0 Å². The standard InChI is InChI=1S/C14H15N5O2/c15-6-13-12-5-9(1-2-11(12)14(21)18-17-13)10-7-16-19(8-10)3-4-20/h1-2,5,7-8,20H,3-4,6,15H2,(H,18,21). The van der Waals surface area contributed by atoms with Crippen molar-refractivity contribution in [3.05, 3.63) is 46.6 Å². The number of hydrogen-bond acceptors (Lipinski definition) is 5. The highest BCUT2D eigenvalue weighted by molar-refractivity contribution is 5.88. The fourth-order valence-electron chi connectivity index (χ4n) is 2.29. The van der Waals surface area contributed by atoms with Crippen molar-refractivity contribution >= 4 is 10.8 Å². The van der Waals surface area contributed by atoms with E-state index < -0.39 is 0 Å². The quantitative estimate of drug-likeness (QED) is 0.636. The molecule has 108 valence electrons. The first-order valence-corrected chi connectivity index (χ1v) is 6.58. The number of H-pyrrole nitrogens is 1. The van der Waals surface area contributed by atoms with Crippen molar-refractivity contribution in [1.82, 2.24) is 20.0 Å². The minimum Gasteiger partial charge on any atom is -0.394 e. The maximum atomic E-state index is 11.8. The summed E-state index contributed by atoms with van der Waals surface area (Å²) in [5.41, 5.74) is 7.92. The van der Waals surface area contributed by atoms with Crippen molar-refractivity contribution in [2.45, 2.75) is 13.1 Å². The molecule has 2 heterocycles. The Kier molecular flexibility index (Phi) is 3.51. The Labute approximate surface area is 120 Å². The minimum atomic E-state index is -0.232. The zero-order chi connectivity index (χ0) is 14.8. The Bertz CT molecular complexity index is 837. The van der Waals surface area contributed by atoms with E-state index in [-0.39, 0.29) is 18.7 Å². The second-order valence-corrected chi connectivity index (χ2v) is 4.68. The first-order chi connectivity index (χ1) is 10.2. The van der Waals surface area contributed by atoms with Gasteiger partial charge in [-0.05, 0) is 17.7 Å². The van der Waals surface area contributed by atoms with E-state index in [0.717, 1.165) is 16.5 Å². The molecular formula is C14H15N5O2. The third-order valence-electron chi connectivity index (χ3n) is 3.36. The van der Waals surface area contributed by atoms with Crippen LogP contribution in [-0.4, -0.2) is 31.7 Å². The van der Waals surface area contributed by atoms with Crippen LogP contribution in [0.2, 0.25) is 0 Å². The van der Waals surface area contributed by atoms with Crippen molar-refractivity contribution in [3.63, 3.8) is 0 Å². The molecule has 7 nitrogen and oxygen atoms in total. The Morgan fingerprint density at radius 1 is 1.29 bits per heavy atom. The average Bonchev–Trinajstić information content (AvgIpc) is 2.96. The number of nitrogens with one attached hydrogen (secondary N) is 1. The van der Waals surface area contributed by atoms with Crippen LogP contribution in [0.5, 0.6) is 0 Å². The van der Waals surface area contributed by atoms with Gasteiger partial charge in [0.2, 0.25) is 0 Å². The summed E-state index contributed by atoms with van der Waals surface area (Å²) in [6.45, 7) is 0.735. The van der Waals surface area contributed by atoms with E-state index in [2.05, 4.69) is 15.3 Å². The van der Waals surface area contributed by atoms with Crippen LogP contribution in [0.25, 0.3) is 21.9 Å². The molecule has 0 radical (unpaired) electrons. The summed E-state index contributed by atoms with van der Waals surface area (Å²) in [4.78, 5) is 11.8. The molecule has 0 aliphatic heterocycles.